The monoisotopic (exact) mass is 492 g/mol. The molecule has 0 radical (unpaired) electrons. The molecule has 0 saturated heterocycles. The van der Waals surface area contributed by atoms with Gasteiger partial charge in [0.1, 0.15) is 12.4 Å². The molecule has 1 aromatic rings. The number of aliphatic imine (C=N–C) groups is 1. The summed E-state index contributed by atoms with van der Waals surface area (Å²) in [6.45, 7) is 3.05. The van der Waals surface area contributed by atoms with Gasteiger partial charge in [0.2, 0.25) is 0 Å². The molecule has 0 spiro atoms. The van der Waals surface area contributed by atoms with Gasteiger partial charge in [0.05, 0.1) is 6.54 Å². The predicted molar refractivity (Wildman–Crippen MR) is 116 cm³/mol. The number of halogens is 1. The highest BCUT2D eigenvalue weighted by Crippen LogP contribution is 2.43. The van der Waals surface area contributed by atoms with E-state index < -0.39 is 0 Å². The zero-order chi connectivity index (χ0) is 18.4. The first kappa shape index (κ1) is 22.4. The number of hydrogen-bond donors (Lipinski definition) is 2. The third-order valence-electron chi connectivity index (χ3n) is 5.62. The lowest BCUT2D eigenvalue weighted by Gasteiger charge is -2.42. The Morgan fingerprint density at radius 3 is 2.78 bits per heavy atom. The normalized spacial score (nSPS) is 21.0. The molecule has 1 saturated carbocycles. The van der Waals surface area contributed by atoms with Crippen LogP contribution in [0.2, 0.25) is 0 Å². The molecule has 9 heteroatoms. The average Bonchev–Trinajstić information content (AvgIpc) is 3.01. The van der Waals surface area contributed by atoms with Gasteiger partial charge in [-0.1, -0.05) is 6.42 Å². The van der Waals surface area contributed by atoms with Crippen LogP contribution >= 0.6 is 24.0 Å². The van der Waals surface area contributed by atoms with Gasteiger partial charge >= 0.3 is 0 Å². The molecule has 1 unspecified atom stereocenters. The fourth-order valence-corrected chi connectivity index (χ4v) is 3.84. The van der Waals surface area contributed by atoms with Gasteiger partial charge < -0.3 is 20.1 Å². The summed E-state index contributed by atoms with van der Waals surface area (Å²) in [6, 6.07) is 0.308. The van der Waals surface area contributed by atoms with Crippen LogP contribution in [0.3, 0.4) is 0 Å². The summed E-state index contributed by atoms with van der Waals surface area (Å²) in [4.78, 5) is 8.94. The topological polar surface area (TPSA) is 85.6 Å². The zero-order valence-electron chi connectivity index (χ0n) is 16.7. The summed E-state index contributed by atoms with van der Waals surface area (Å²) in [7, 11) is 5.28. The molecule has 0 aromatic carbocycles. The van der Waals surface area contributed by atoms with Gasteiger partial charge in [-0.2, -0.15) is 5.10 Å². The molecule has 1 fully saturated rings. The molecule has 154 valence electrons. The minimum atomic E-state index is 0. The van der Waals surface area contributed by atoms with E-state index in [-0.39, 0.29) is 24.0 Å². The second-order valence-corrected chi connectivity index (χ2v) is 7.46. The third-order valence-corrected chi connectivity index (χ3v) is 5.62. The SMILES string of the molecule is CN=C(NCC1(CCOC)CCC1)NC1CCc2nc(COC)nn2C1.I. The first-order valence-corrected chi connectivity index (χ1v) is 9.56. The van der Waals surface area contributed by atoms with E-state index in [4.69, 9.17) is 9.47 Å². The molecular weight excluding hydrogens is 459 g/mol. The van der Waals surface area contributed by atoms with E-state index in [1.165, 1.54) is 19.3 Å². The van der Waals surface area contributed by atoms with Gasteiger partial charge in [0.15, 0.2) is 11.8 Å². The van der Waals surface area contributed by atoms with Gasteiger partial charge in [0, 0.05) is 46.9 Å². The van der Waals surface area contributed by atoms with Crippen molar-refractivity contribution in [1.82, 2.24) is 25.4 Å². The minimum absolute atomic E-state index is 0. The largest absolute Gasteiger partial charge is 0.385 e. The Balaban J connectivity index is 0.00000261. The lowest BCUT2D eigenvalue weighted by atomic mass is 9.67. The Morgan fingerprint density at radius 2 is 2.15 bits per heavy atom. The Kier molecular flexibility index (Phi) is 8.74. The van der Waals surface area contributed by atoms with Gasteiger partial charge in [0.25, 0.3) is 0 Å². The molecule has 3 rings (SSSR count). The Labute approximate surface area is 178 Å². The number of nitrogens with zero attached hydrogens (tertiary/aromatic N) is 4. The summed E-state index contributed by atoms with van der Waals surface area (Å²) in [6.07, 6.45) is 6.92. The number of nitrogens with one attached hydrogen (secondary N) is 2. The van der Waals surface area contributed by atoms with Gasteiger partial charge in [-0.05, 0) is 31.1 Å². The van der Waals surface area contributed by atoms with Crippen molar-refractivity contribution in [3.05, 3.63) is 11.6 Å². The number of guanidine groups is 1. The lowest BCUT2D eigenvalue weighted by molar-refractivity contribution is 0.0732. The lowest BCUT2D eigenvalue weighted by Crippen LogP contribution is -2.51. The van der Waals surface area contributed by atoms with Crippen LogP contribution in [0.5, 0.6) is 0 Å². The van der Waals surface area contributed by atoms with Crippen LogP contribution in [0.25, 0.3) is 0 Å². The molecule has 1 aliphatic heterocycles. The van der Waals surface area contributed by atoms with Crippen molar-refractivity contribution in [1.29, 1.82) is 0 Å². The van der Waals surface area contributed by atoms with Crippen molar-refractivity contribution in [2.75, 3.05) is 34.4 Å². The summed E-state index contributed by atoms with van der Waals surface area (Å²) in [5, 5.41) is 11.6. The quantitative estimate of drug-likeness (QED) is 0.327. The van der Waals surface area contributed by atoms with Gasteiger partial charge in [-0.15, -0.1) is 24.0 Å². The minimum Gasteiger partial charge on any atom is -0.385 e. The second kappa shape index (κ2) is 10.6. The van der Waals surface area contributed by atoms with Gasteiger partial charge in [-0.25, -0.2) is 9.67 Å². The zero-order valence-corrected chi connectivity index (χ0v) is 19.0. The molecule has 1 atom stereocenters. The molecular formula is C18H33IN6O2. The predicted octanol–water partition coefficient (Wildman–Crippen LogP) is 1.73. The van der Waals surface area contributed by atoms with Crippen LogP contribution in [0.4, 0.5) is 0 Å². The summed E-state index contributed by atoms with van der Waals surface area (Å²) >= 11 is 0. The number of rotatable bonds is 8. The van der Waals surface area contributed by atoms with Crippen molar-refractivity contribution < 1.29 is 9.47 Å². The summed E-state index contributed by atoms with van der Waals surface area (Å²) in [5.74, 6) is 2.68. The highest BCUT2D eigenvalue weighted by molar-refractivity contribution is 14.0. The fourth-order valence-electron chi connectivity index (χ4n) is 3.84. The van der Waals surface area contributed by atoms with E-state index in [0.717, 1.165) is 56.6 Å². The van der Waals surface area contributed by atoms with Crippen molar-refractivity contribution in [3.63, 3.8) is 0 Å². The highest BCUT2D eigenvalue weighted by atomic mass is 127. The number of aromatic nitrogens is 3. The maximum absolute atomic E-state index is 5.28. The molecule has 1 aliphatic carbocycles. The molecule has 0 amide bonds. The Hall–Kier alpha value is -0.940. The molecule has 2 N–H and O–H groups in total. The summed E-state index contributed by atoms with van der Waals surface area (Å²) < 4.78 is 12.4. The first-order valence-electron chi connectivity index (χ1n) is 9.56. The van der Waals surface area contributed by atoms with Crippen LogP contribution in [0.15, 0.2) is 4.99 Å². The first-order chi connectivity index (χ1) is 12.7. The Bertz CT molecular complexity index is 617. The van der Waals surface area contributed by atoms with Crippen LogP contribution in [0.1, 0.15) is 43.8 Å². The Morgan fingerprint density at radius 1 is 1.33 bits per heavy atom. The van der Waals surface area contributed by atoms with E-state index in [1.807, 2.05) is 11.7 Å². The average molecular weight is 492 g/mol. The second-order valence-electron chi connectivity index (χ2n) is 7.46. The molecule has 1 aromatic heterocycles. The van der Waals surface area contributed by atoms with Crippen LogP contribution in [-0.2, 0) is 29.0 Å². The number of aryl methyl sites for hydroxylation is 1. The molecule has 2 aliphatic rings. The smallest absolute Gasteiger partial charge is 0.191 e. The van der Waals surface area contributed by atoms with Gasteiger partial charge in [-0.3, -0.25) is 4.99 Å². The van der Waals surface area contributed by atoms with E-state index in [0.29, 0.717) is 18.1 Å². The molecule has 27 heavy (non-hydrogen) atoms. The number of hydrogen-bond acceptors (Lipinski definition) is 5. The van der Waals surface area contributed by atoms with E-state index in [9.17, 15) is 0 Å². The van der Waals surface area contributed by atoms with Crippen molar-refractivity contribution in [3.8, 4) is 0 Å². The van der Waals surface area contributed by atoms with Crippen molar-refractivity contribution >= 4 is 29.9 Å². The maximum Gasteiger partial charge on any atom is 0.191 e. The number of methoxy groups -OCH3 is 2. The molecule has 8 nitrogen and oxygen atoms in total. The maximum atomic E-state index is 5.28. The number of ether oxygens (including phenoxy) is 2. The molecule has 2 heterocycles. The van der Waals surface area contributed by atoms with Crippen LogP contribution in [-0.4, -0.2) is 61.2 Å². The standard InChI is InChI=1S/C18H32N6O2.HI/c1-19-17(20-13-18(7-4-8-18)9-10-25-2)21-14-5-6-16-22-15(12-26-3)23-24(16)11-14;/h14H,4-13H2,1-3H3,(H2,19,20,21);1H. The van der Waals surface area contributed by atoms with E-state index in [2.05, 4.69) is 25.7 Å². The van der Waals surface area contributed by atoms with Crippen molar-refractivity contribution in [2.24, 2.45) is 10.4 Å². The van der Waals surface area contributed by atoms with E-state index >= 15 is 0 Å². The highest BCUT2D eigenvalue weighted by Gasteiger charge is 2.36. The van der Waals surface area contributed by atoms with Crippen LogP contribution < -0.4 is 10.6 Å². The van der Waals surface area contributed by atoms with Crippen LogP contribution in [0, 0.1) is 5.41 Å². The number of fused-ring (bicyclic) bond motifs is 1. The summed E-state index contributed by atoms with van der Waals surface area (Å²) in [5.41, 5.74) is 0.369. The van der Waals surface area contributed by atoms with Crippen molar-refractivity contribution in [2.45, 2.75) is 57.7 Å². The third kappa shape index (κ3) is 5.77. The van der Waals surface area contributed by atoms with E-state index in [1.54, 1.807) is 14.2 Å². The fraction of sp³-hybridized carbons (Fsp3) is 0.833. The molecule has 0 bridgehead atoms.